The molecule has 1 heterocycles. The summed E-state index contributed by atoms with van der Waals surface area (Å²) in [4.78, 5) is 2.72. The summed E-state index contributed by atoms with van der Waals surface area (Å²) in [5.41, 5.74) is 0.921. The van der Waals surface area contributed by atoms with Gasteiger partial charge in [0.15, 0.2) is 0 Å². The minimum Gasteiger partial charge on any atom is -0.303 e. The van der Waals surface area contributed by atoms with Crippen LogP contribution in [0.15, 0.2) is 27.6 Å². The summed E-state index contributed by atoms with van der Waals surface area (Å²) in [7, 11) is -3.38. The van der Waals surface area contributed by atoms with Crippen molar-refractivity contribution in [1.82, 2.24) is 9.62 Å². The fourth-order valence-electron chi connectivity index (χ4n) is 2.38. The zero-order chi connectivity index (χ0) is 14.6. The number of sulfonamides is 1. The molecule has 1 saturated heterocycles. The lowest BCUT2D eigenvalue weighted by Crippen LogP contribution is -2.28. The van der Waals surface area contributed by atoms with Gasteiger partial charge >= 0.3 is 0 Å². The van der Waals surface area contributed by atoms with Crippen LogP contribution in [0, 0.1) is 6.92 Å². The topological polar surface area (TPSA) is 49.4 Å². The summed E-state index contributed by atoms with van der Waals surface area (Å²) in [6.45, 7) is 5.66. The molecule has 0 bridgehead atoms. The Bertz CT molecular complexity index is 554. The summed E-state index contributed by atoms with van der Waals surface area (Å²) in [5.74, 6) is 0. The summed E-state index contributed by atoms with van der Waals surface area (Å²) >= 11 is 3.38. The van der Waals surface area contributed by atoms with Crippen LogP contribution >= 0.6 is 15.9 Å². The van der Waals surface area contributed by atoms with Gasteiger partial charge in [-0.25, -0.2) is 13.1 Å². The molecule has 0 aromatic heterocycles. The van der Waals surface area contributed by atoms with E-state index in [1.165, 1.54) is 12.8 Å². The van der Waals surface area contributed by atoms with E-state index in [4.69, 9.17) is 0 Å². The Morgan fingerprint density at radius 1 is 1.30 bits per heavy atom. The molecule has 0 atom stereocenters. The van der Waals surface area contributed by atoms with Crippen molar-refractivity contribution in [2.75, 3.05) is 26.2 Å². The highest BCUT2D eigenvalue weighted by Gasteiger charge is 2.15. The van der Waals surface area contributed by atoms with Crippen LogP contribution in [0.25, 0.3) is 0 Å². The number of benzene rings is 1. The molecule has 4 nitrogen and oxygen atoms in total. The smallest absolute Gasteiger partial charge is 0.240 e. The molecule has 2 rings (SSSR count). The van der Waals surface area contributed by atoms with E-state index >= 15 is 0 Å². The molecule has 1 aliphatic rings. The van der Waals surface area contributed by atoms with Crippen molar-refractivity contribution in [2.24, 2.45) is 0 Å². The molecule has 6 heteroatoms. The van der Waals surface area contributed by atoms with E-state index in [1.807, 2.05) is 6.92 Å². The van der Waals surface area contributed by atoms with E-state index in [9.17, 15) is 8.42 Å². The molecule has 1 fully saturated rings. The molecule has 1 aromatic carbocycles. The molecular formula is C14H21BrN2O2S. The molecule has 0 amide bonds. The second kappa shape index (κ2) is 7.02. The van der Waals surface area contributed by atoms with E-state index in [-0.39, 0.29) is 0 Å². The highest BCUT2D eigenvalue weighted by Crippen LogP contribution is 2.19. The number of likely N-dealkylation sites (tertiary alicyclic amines) is 1. The molecule has 0 unspecified atom stereocenters. The van der Waals surface area contributed by atoms with E-state index in [1.54, 1.807) is 18.2 Å². The number of nitrogens with one attached hydrogen (secondary N) is 1. The van der Waals surface area contributed by atoms with Crippen LogP contribution in [-0.4, -0.2) is 39.5 Å². The largest absolute Gasteiger partial charge is 0.303 e. The second-order valence-electron chi connectivity index (χ2n) is 5.21. The van der Waals surface area contributed by atoms with Crippen molar-refractivity contribution >= 4 is 26.0 Å². The molecule has 1 N–H and O–H groups in total. The summed E-state index contributed by atoms with van der Waals surface area (Å²) < 4.78 is 27.9. The van der Waals surface area contributed by atoms with Crippen molar-refractivity contribution in [3.63, 3.8) is 0 Å². The Morgan fingerprint density at radius 2 is 2.00 bits per heavy atom. The lowest BCUT2D eigenvalue weighted by atomic mass is 10.2. The first-order valence-corrected chi connectivity index (χ1v) is 9.25. The zero-order valence-corrected chi connectivity index (χ0v) is 14.1. The van der Waals surface area contributed by atoms with Gasteiger partial charge in [-0.05, 0) is 69.6 Å². The molecule has 0 aliphatic carbocycles. The van der Waals surface area contributed by atoms with Crippen LogP contribution in [0.2, 0.25) is 0 Å². The van der Waals surface area contributed by atoms with Crippen LogP contribution < -0.4 is 4.72 Å². The summed E-state index contributed by atoms with van der Waals surface area (Å²) in [6, 6.07) is 5.08. The number of halogens is 1. The van der Waals surface area contributed by atoms with Gasteiger partial charge in [-0.3, -0.25) is 0 Å². The Kier molecular flexibility index (Phi) is 5.60. The van der Waals surface area contributed by atoms with Gasteiger partial charge in [0.2, 0.25) is 10.0 Å². The third-order valence-corrected chi connectivity index (χ3v) is 5.93. The molecule has 0 saturated carbocycles. The summed E-state index contributed by atoms with van der Waals surface area (Å²) in [5, 5.41) is 0. The zero-order valence-electron chi connectivity index (χ0n) is 11.7. The monoisotopic (exact) mass is 360 g/mol. The van der Waals surface area contributed by atoms with Crippen LogP contribution in [0.3, 0.4) is 0 Å². The van der Waals surface area contributed by atoms with Crippen LogP contribution in [0.4, 0.5) is 0 Å². The van der Waals surface area contributed by atoms with Gasteiger partial charge in [-0.2, -0.15) is 0 Å². The Labute approximate surface area is 129 Å². The first-order valence-electron chi connectivity index (χ1n) is 6.97. The van der Waals surface area contributed by atoms with Gasteiger partial charge < -0.3 is 4.90 Å². The van der Waals surface area contributed by atoms with Crippen LogP contribution in [0.1, 0.15) is 24.8 Å². The van der Waals surface area contributed by atoms with Crippen molar-refractivity contribution in [1.29, 1.82) is 0 Å². The third-order valence-electron chi connectivity index (χ3n) is 3.58. The molecule has 0 radical (unpaired) electrons. The van der Waals surface area contributed by atoms with Crippen molar-refractivity contribution in [3.8, 4) is 0 Å². The average Bonchev–Trinajstić information content (AvgIpc) is 2.91. The maximum atomic E-state index is 12.2. The Hall–Kier alpha value is -0.430. The highest BCUT2D eigenvalue weighted by molar-refractivity contribution is 9.10. The van der Waals surface area contributed by atoms with Gasteiger partial charge in [0.25, 0.3) is 0 Å². The minimum atomic E-state index is -3.38. The molecule has 20 heavy (non-hydrogen) atoms. The minimum absolute atomic E-state index is 0.333. The second-order valence-corrected chi connectivity index (χ2v) is 7.83. The van der Waals surface area contributed by atoms with E-state index in [2.05, 4.69) is 25.6 Å². The lowest BCUT2D eigenvalue weighted by Gasteiger charge is -2.14. The number of rotatable bonds is 6. The van der Waals surface area contributed by atoms with Crippen molar-refractivity contribution in [3.05, 3.63) is 28.2 Å². The van der Waals surface area contributed by atoms with Gasteiger partial charge in [0.1, 0.15) is 0 Å². The maximum Gasteiger partial charge on any atom is 0.240 e. The highest BCUT2D eigenvalue weighted by atomic mass is 79.9. The van der Waals surface area contributed by atoms with Gasteiger partial charge in [-0.1, -0.05) is 15.9 Å². The Morgan fingerprint density at radius 3 is 2.65 bits per heavy atom. The Balaban J connectivity index is 1.85. The number of hydrogen-bond acceptors (Lipinski definition) is 3. The van der Waals surface area contributed by atoms with Gasteiger partial charge in [0.05, 0.1) is 4.90 Å². The maximum absolute atomic E-state index is 12.2. The standard InChI is InChI=1S/C14H21BrN2O2S/c1-12-11-13(5-6-14(12)15)20(18,19)16-7-4-10-17-8-2-3-9-17/h5-6,11,16H,2-4,7-10H2,1H3. The predicted octanol–water partition coefficient (Wildman–Crippen LogP) is 2.52. The third kappa shape index (κ3) is 4.28. The molecular weight excluding hydrogens is 340 g/mol. The lowest BCUT2D eigenvalue weighted by molar-refractivity contribution is 0.334. The number of hydrogen-bond donors (Lipinski definition) is 1. The molecule has 1 aromatic rings. The first-order chi connectivity index (χ1) is 9.49. The molecule has 0 spiro atoms. The van der Waals surface area contributed by atoms with E-state index in [0.29, 0.717) is 11.4 Å². The normalized spacial score (nSPS) is 16.7. The van der Waals surface area contributed by atoms with Gasteiger partial charge in [-0.15, -0.1) is 0 Å². The van der Waals surface area contributed by atoms with Crippen molar-refractivity contribution < 1.29 is 8.42 Å². The molecule has 1 aliphatic heterocycles. The van der Waals surface area contributed by atoms with Crippen molar-refractivity contribution in [2.45, 2.75) is 31.1 Å². The number of aryl methyl sites for hydroxylation is 1. The fraction of sp³-hybridized carbons (Fsp3) is 0.571. The quantitative estimate of drug-likeness (QED) is 0.793. The van der Waals surface area contributed by atoms with Crippen LogP contribution in [0.5, 0.6) is 0 Å². The number of nitrogens with zero attached hydrogens (tertiary/aromatic N) is 1. The fourth-order valence-corrected chi connectivity index (χ4v) is 3.79. The predicted molar refractivity (Wildman–Crippen MR) is 84.4 cm³/mol. The average molecular weight is 361 g/mol. The molecule has 112 valence electrons. The van der Waals surface area contributed by atoms with Gasteiger partial charge in [0, 0.05) is 11.0 Å². The van der Waals surface area contributed by atoms with E-state index < -0.39 is 10.0 Å². The first kappa shape index (κ1) is 15.9. The SMILES string of the molecule is Cc1cc(S(=O)(=O)NCCCN2CCCC2)ccc1Br. The van der Waals surface area contributed by atoms with Crippen LogP contribution in [-0.2, 0) is 10.0 Å². The summed E-state index contributed by atoms with van der Waals surface area (Å²) in [6.07, 6.45) is 3.39. The van der Waals surface area contributed by atoms with E-state index in [0.717, 1.165) is 36.1 Å².